The summed E-state index contributed by atoms with van der Waals surface area (Å²) in [5, 5.41) is 0. The maximum Gasteiger partial charge on any atom is 0.123 e. The van der Waals surface area contributed by atoms with Crippen LogP contribution in [0.25, 0.3) is 0 Å². The third-order valence-corrected chi connectivity index (χ3v) is 4.47. The van der Waals surface area contributed by atoms with Crippen molar-refractivity contribution in [1.82, 2.24) is 0 Å². The Morgan fingerprint density at radius 3 is 2.70 bits per heavy atom. The molecule has 1 aliphatic rings. The van der Waals surface area contributed by atoms with Crippen LogP contribution in [-0.4, -0.2) is 19.6 Å². The lowest BCUT2D eigenvalue weighted by Crippen LogP contribution is -2.27. The quantitative estimate of drug-likeness (QED) is 0.859. The van der Waals surface area contributed by atoms with Gasteiger partial charge in [-0.05, 0) is 55.4 Å². The highest BCUT2D eigenvalue weighted by Crippen LogP contribution is 2.29. The summed E-state index contributed by atoms with van der Waals surface area (Å²) in [6.45, 7) is 3.14. The zero-order valence-corrected chi connectivity index (χ0v) is 12.7. The highest BCUT2D eigenvalue weighted by Gasteiger charge is 2.19. The van der Waals surface area contributed by atoms with Gasteiger partial charge in [0.1, 0.15) is 5.82 Å². The van der Waals surface area contributed by atoms with Crippen LogP contribution in [0.2, 0.25) is 0 Å². The summed E-state index contributed by atoms with van der Waals surface area (Å²) < 4.78 is 13.5. The number of nitrogens with zero attached hydrogens (tertiary/aromatic N) is 1. The fourth-order valence-corrected chi connectivity index (χ4v) is 3.20. The third-order valence-electron chi connectivity index (χ3n) is 4.47. The van der Waals surface area contributed by atoms with Crippen molar-refractivity contribution >= 4 is 5.69 Å². The van der Waals surface area contributed by atoms with Crippen molar-refractivity contribution in [3.63, 3.8) is 0 Å². The van der Waals surface area contributed by atoms with Crippen LogP contribution < -0.4 is 10.6 Å². The van der Waals surface area contributed by atoms with E-state index in [0.29, 0.717) is 0 Å². The van der Waals surface area contributed by atoms with Crippen molar-refractivity contribution in [2.75, 3.05) is 18.5 Å². The number of nitrogens with two attached hydrogens (primary N) is 1. The maximum atomic E-state index is 13.5. The van der Waals surface area contributed by atoms with Crippen LogP contribution >= 0.6 is 0 Å². The number of hydrogen-bond donors (Lipinski definition) is 1. The van der Waals surface area contributed by atoms with E-state index in [4.69, 9.17) is 5.73 Å². The summed E-state index contributed by atoms with van der Waals surface area (Å²) in [6.07, 6.45) is 7.04. The Morgan fingerprint density at radius 2 is 2.05 bits per heavy atom. The van der Waals surface area contributed by atoms with E-state index in [1.807, 2.05) is 6.07 Å². The van der Waals surface area contributed by atoms with E-state index in [1.165, 1.54) is 25.7 Å². The Morgan fingerprint density at radius 1 is 1.35 bits per heavy atom. The number of rotatable bonds is 6. The molecule has 1 unspecified atom stereocenters. The molecule has 0 heterocycles. The van der Waals surface area contributed by atoms with Crippen molar-refractivity contribution in [1.29, 1.82) is 0 Å². The van der Waals surface area contributed by atoms with Gasteiger partial charge in [-0.2, -0.15) is 0 Å². The van der Waals surface area contributed by atoms with Crippen LogP contribution in [0.4, 0.5) is 10.1 Å². The minimum atomic E-state index is -0.165. The lowest BCUT2D eigenvalue weighted by Gasteiger charge is -2.26. The molecular formula is C17H27FN2. The van der Waals surface area contributed by atoms with Gasteiger partial charge in [0, 0.05) is 25.3 Å². The molecule has 2 N–H and O–H groups in total. The van der Waals surface area contributed by atoms with Crippen LogP contribution in [0.1, 0.15) is 44.6 Å². The Kier molecular flexibility index (Phi) is 5.41. The molecule has 0 aromatic heterocycles. The Hall–Kier alpha value is -1.09. The lowest BCUT2D eigenvalue weighted by atomic mass is 10.0. The number of hydrogen-bond acceptors (Lipinski definition) is 2. The zero-order valence-electron chi connectivity index (χ0n) is 12.7. The Bertz CT molecular complexity index is 427. The molecule has 1 aromatic rings. The fourth-order valence-electron chi connectivity index (χ4n) is 3.20. The molecule has 0 aliphatic heterocycles. The van der Waals surface area contributed by atoms with Gasteiger partial charge in [-0.15, -0.1) is 0 Å². The molecule has 112 valence electrons. The topological polar surface area (TPSA) is 29.3 Å². The highest BCUT2D eigenvalue weighted by atomic mass is 19.1. The molecule has 3 heteroatoms. The van der Waals surface area contributed by atoms with E-state index < -0.39 is 0 Å². The number of benzene rings is 1. The molecule has 1 saturated carbocycles. The second-order valence-corrected chi connectivity index (χ2v) is 6.18. The van der Waals surface area contributed by atoms with Gasteiger partial charge < -0.3 is 10.6 Å². The van der Waals surface area contributed by atoms with E-state index in [9.17, 15) is 4.39 Å². The number of anilines is 1. The first kappa shape index (κ1) is 15.3. The molecule has 2 rings (SSSR count). The van der Waals surface area contributed by atoms with Crippen LogP contribution in [0.3, 0.4) is 0 Å². The van der Waals surface area contributed by atoms with E-state index >= 15 is 0 Å². The molecule has 1 aliphatic carbocycles. The minimum absolute atomic E-state index is 0.107. The molecule has 1 aromatic carbocycles. The molecule has 20 heavy (non-hydrogen) atoms. The summed E-state index contributed by atoms with van der Waals surface area (Å²) in [5.74, 6) is 0.624. The lowest BCUT2D eigenvalue weighted by molar-refractivity contribution is 0.545. The summed E-state index contributed by atoms with van der Waals surface area (Å²) in [7, 11) is 2.12. The summed E-state index contributed by atoms with van der Waals surface area (Å²) >= 11 is 0. The van der Waals surface area contributed by atoms with Crippen LogP contribution in [0.15, 0.2) is 18.2 Å². The van der Waals surface area contributed by atoms with Crippen molar-refractivity contribution in [2.24, 2.45) is 11.7 Å². The largest absolute Gasteiger partial charge is 0.374 e. The molecule has 0 spiro atoms. The summed E-state index contributed by atoms with van der Waals surface area (Å²) in [5.41, 5.74) is 8.23. The molecular weight excluding hydrogens is 251 g/mol. The van der Waals surface area contributed by atoms with Crippen molar-refractivity contribution in [2.45, 2.75) is 51.5 Å². The first-order valence-corrected chi connectivity index (χ1v) is 7.85. The number of halogens is 1. The second-order valence-electron chi connectivity index (χ2n) is 6.18. The van der Waals surface area contributed by atoms with Crippen LogP contribution in [0.5, 0.6) is 0 Å². The van der Waals surface area contributed by atoms with Crippen molar-refractivity contribution in [3.05, 3.63) is 29.6 Å². The van der Waals surface area contributed by atoms with E-state index in [2.05, 4.69) is 18.9 Å². The average molecular weight is 278 g/mol. The predicted molar refractivity (Wildman–Crippen MR) is 83.6 cm³/mol. The zero-order chi connectivity index (χ0) is 14.5. The summed E-state index contributed by atoms with van der Waals surface area (Å²) in [6, 6.07) is 5.22. The first-order valence-electron chi connectivity index (χ1n) is 7.85. The molecule has 1 atom stereocenters. The van der Waals surface area contributed by atoms with E-state index in [0.717, 1.165) is 36.6 Å². The molecule has 0 amide bonds. The monoisotopic (exact) mass is 278 g/mol. The summed E-state index contributed by atoms with van der Waals surface area (Å²) in [4.78, 5) is 2.28. The fraction of sp³-hybridized carbons (Fsp3) is 0.647. The van der Waals surface area contributed by atoms with Gasteiger partial charge in [-0.25, -0.2) is 4.39 Å². The molecule has 0 radical (unpaired) electrons. The van der Waals surface area contributed by atoms with Gasteiger partial charge in [-0.1, -0.05) is 19.8 Å². The molecule has 0 saturated heterocycles. The van der Waals surface area contributed by atoms with Gasteiger partial charge in [0.25, 0.3) is 0 Å². The second kappa shape index (κ2) is 7.07. The highest BCUT2D eigenvalue weighted by molar-refractivity contribution is 5.53. The van der Waals surface area contributed by atoms with Crippen molar-refractivity contribution < 1.29 is 4.39 Å². The van der Waals surface area contributed by atoms with Gasteiger partial charge in [-0.3, -0.25) is 0 Å². The van der Waals surface area contributed by atoms with E-state index in [1.54, 1.807) is 12.1 Å². The Balaban J connectivity index is 2.11. The first-order chi connectivity index (χ1) is 9.60. The van der Waals surface area contributed by atoms with Crippen molar-refractivity contribution in [3.8, 4) is 0 Å². The van der Waals surface area contributed by atoms with Gasteiger partial charge in [0.15, 0.2) is 0 Å². The van der Waals surface area contributed by atoms with Gasteiger partial charge in [0.2, 0.25) is 0 Å². The maximum absolute atomic E-state index is 13.5. The van der Waals surface area contributed by atoms with Crippen LogP contribution in [-0.2, 0) is 6.42 Å². The Labute approximate surface area is 122 Å². The van der Waals surface area contributed by atoms with Gasteiger partial charge in [0.05, 0.1) is 0 Å². The molecule has 1 fully saturated rings. The van der Waals surface area contributed by atoms with Crippen LogP contribution in [0, 0.1) is 11.7 Å². The average Bonchev–Trinajstić information content (AvgIpc) is 2.91. The molecule has 2 nitrogen and oxygen atoms in total. The van der Waals surface area contributed by atoms with E-state index in [-0.39, 0.29) is 11.9 Å². The SMILES string of the molecule is CCC(N)Cc1cc(F)ccc1N(C)CC1CCCC1. The third kappa shape index (κ3) is 3.95. The standard InChI is InChI=1S/C17H27FN2/c1-3-16(19)11-14-10-15(18)8-9-17(14)20(2)12-13-6-4-5-7-13/h8-10,13,16H,3-7,11-12,19H2,1-2H3. The van der Waals surface area contributed by atoms with Gasteiger partial charge >= 0.3 is 0 Å². The normalized spacial score (nSPS) is 17.4. The predicted octanol–water partition coefficient (Wildman–Crippen LogP) is 3.73. The smallest absolute Gasteiger partial charge is 0.123 e. The minimum Gasteiger partial charge on any atom is -0.374 e. The molecule has 0 bridgehead atoms.